The number of carbonyl (C=O) groups excluding carboxylic acids is 3. The van der Waals surface area contributed by atoms with Crippen molar-refractivity contribution < 1.29 is 33.3 Å². The van der Waals surface area contributed by atoms with Crippen LogP contribution in [0, 0.1) is 0 Å². The highest BCUT2D eigenvalue weighted by molar-refractivity contribution is 5.92. The van der Waals surface area contributed by atoms with Gasteiger partial charge in [-0.1, -0.05) is 68.3 Å². The summed E-state index contributed by atoms with van der Waals surface area (Å²) in [7, 11) is 0. The van der Waals surface area contributed by atoms with Crippen LogP contribution >= 0.6 is 0 Å². The van der Waals surface area contributed by atoms with Gasteiger partial charge in [0, 0.05) is 6.42 Å². The zero-order valence-corrected chi connectivity index (χ0v) is 21.3. The second-order valence-corrected chi connectivity index (χ2v) is 8.16. The molecule has 3 aromatic rings. The lowest BCUT2D eigenvalue weighted by Gasteiger charge is -2.09. The van der Waals surface area contributed by atoms with Gasteiger partial charge in [0.25, 0.3) is 6.47 Å². The molecule has 39 heavy (non-hydrogen) atoms. The van der Waals surface area contributed by atoms with Gasteiger partial charge >= 0.3 is 11.9 Å². The highest BCUT2D eigenvalue weighted by Gasteiger charge is 2.08. The summed E-state index contributed by atoms with van der Waals surface area (Å²) in [5, 5.41) is 0. The molecule has 7 nitrogen and oxygen atoms in total. The second kappa shape index (κ2) is 14.5. The Kier molecular flexibility index (Phi) is 10.6. The number of hydrogen-bond acceptors (Lipinski definition) is 7. The van der Waals surface area contributed by atoms with Crippen LogP contribution in [0.5, 0.6) is 11.5 Å². The number of rotatable bonds is 14. The van der Waals surface area contributed by atoms with E-state index in [1.165, 1.54) is 12.2 Å². The molecule has 0 saturated heterocycles. The highest BCUT2D eigenvalue weighted by Crippen LogP contribution is 2.27. The van der Waals surface area contributed by atoms with Gasteiger partial charge < -0.3 is 18.9 Å². The van der Waals surface area contributed by atoms with Crippen molar-refractivity contribution in [2.45, 2.75) is 12.8 Å². The van der Waals surface area contributed by atoms with Gasteiger partial charge in [-0.3, -0.25) is 9.59 Å². The largest absolute Gasteiger partial charge is 0.494 e. The average molecular weight is 525 g/mol. The van der Waals surface area contributed by atoms with Gasteiger partial charge in [-0.05, 0) is 65.1 Å². The summed E-state index contributed by atoms with van der Waals surface area (Å²) in [5.41, 5.74) is 4.14. The van der Waals surface area contributed by atoms with Gasteiger partial charge in [0.15, 0.2) is 0 Å². The maximum atomic E-state index is 12.2. The third-order valence-corrected chi connectivity index (χ3v) is 5.41. The van der Waals surface area contributed by atoms with Crippen LogP contribution in [0.1, 0.15) is 12.8 Å². The Labute approximate surface area is 227 Å². The predicted molar refractivity (Wildman–Crippen MR) is 149 cm³/mol. The SMILES string of the molecule is C=COC(=O)CCCOc1ccc(-c2ccc(-c3ccc(OC(=O)C(=C)/C=C\C(=C)OC=O)cc3)cc2)cc1. The lowest BCUT2D eigenvalue weighted by molar-refractivity contribution is -0.138. The molecule has 3 aromatic carbocycles. The Balaban J connectivity index is 1.53. The van der Waals surface area contributed by atoms with Crippen molar-refractivity contribution >= 4 is 18.4 Å². The van der Waals surface area contributed by atoms with E-state index in [0.29, 0.717) is 18.8 Å². The summed E-state index contributed by atoms with van der Waals surface area (Å²) >= 11 is 0. The fourth-order valence-corrected chi connectivity index (χ4v) is 3.41. The first kappa shape index (κ1) is 28.4. The van der Waals surface area contributed by atoms with Gasteiger partial charge in [0.1, 0.15) is 17.3 Å². The molecule has 0 aliphatic rings. The summed E-state index contributed by atoms with van der Waals surface area (Å²) in [6.07, 6.45) is 4.66. The monoisotopic (exact) mass is 524 g/mol. The summed E-state index contributed by atoms with van der Waals surface area (Å²) < 4.78 is 20.2. The molecule has 0 N–H and O–H groups in total. The minimum absolute atomic E-state index is 0.0794. The standard InChI is InChI=1S/C32H28O7/c1-4-36-31(34)6-5-21-37-29-17-13-27(14-18-29)25-9-11-26(12-10-25)28-15-19-30(20-16-28)39-32(35)23(2)7-8-24(3)38-22-33/h4,7-20,22H,1-3,5-6,21H2/b8-7-. The number of allylic oxidation sites excluding steroid dienone is 1. The lowest BCUT2D eigenvalue weighted by atomic mass is 10.0. The molecular weight excluding hydrogens is 496 g/mol. The van der Waals surface area contributed by atoms with Gasteiger partial charge in [0.2, 0.25) is 0 Å². The van der Waals surface area contributed by atoms with Gasteiger partial charge in [-0.25, -0.2) is 4.79 Å². The molecule has 7 heteroatoms. The molecule has 0 fully saturated rings. The van der Waals surface area contributed by atoms with Gasteiger partial charge in [-0.2, -0.15) is 0 Å². The van der Waals surface area contributed by atoms with Crippen molar-refractivity contribution in [1.29, 1.82) is 0 Å². The first-order valence-corrected chi connectivity index (χ1v) is 12.0. The molecule has 0 unspecified atom stereocenters. The Morgan fingerprint density at radius 1 is 0.718 bits per heavy atom. The molecule has 3 rings (SSSR count). The zero-order chi connectivity index (χ0) is 28.0. The van der Waals surface area contributed by atoms with Crippen molar-refractivity contribution in [3.05, 3.63) is 122 Å². The van der Waals surface area contributed by atoms with E-state index in [1.807, 2.05) is 60.7 Å². The van der Waals surface area contributed by atoms with Crippen LogP contribution in [0.25, 0.3) is 22.3 Å². The Bertz CT molecular complexity index is 1350. The van der Waals surface area contributed by atoms with E-state index in [2.05, 4.69) is 29.2 Å². The molecule has 0 radical (unpaired) electrons. The van der Waals surface area contributed by atoms with E-state index in [0.717, 1.165) is 34.3 Å². The van der Waals surface area contributed by atoms with Gasteiger partial charge in [-0.15, -0.1) is 0 Å². The zero-order valence-electron chi connectivity index (χ0n) is 21.3. The average Bonchev–Trinajstić information content (AvgIpc) is 2.95. The molecule has 0 saturated carbocycles. The molecule has 0 heterocycles. The van der Waals surface area contributed by atoms with E-state index in [1.54, 1.807) is 12.1 Å². The normalized spacial score (nSPS) is 10.4. The molecule has 0 atom stereocenters. The van der Waals surface area contributed by atoms with Crippen LogP contribution in [0.4, 0.5) is 0 Å². The third kappa shape index (κ3) is 9.02. The van der Waals surface area contributed by atoms with Crippen molar-refractivity contribution in [3.8, 4) is 33.8 Å². The Morgan fingerprint density at radius 3 is 1.74 bits per heavy atom. The van der Waals surface area contributed by atoms with Crippen molar-refractivity contribution in [2.75, 3.05) is 6.61 Å². The van der Waals surface area contributed by atoms with Crippen LogP contribution in [-0.2, 0) is 23.9 Å². The lowest BCUT2D eigenvalue weighted by Crippen LogP contribution is -2.09. The predicted octanol–water partition coefficient (Wildman–Crippen LogP) is 6.57. The summed E-state index contributed by atoms with van der Waals surface area (Å²) in [4.78, 5) is 33.8. The molecule has 0 spiro atoms. The van der Waals surface area contributed by atoms with Crippen molar-refractivity contribution in [1.82, 2.24) is 0 Å². The quantitative estimate of drug-likeness (QED) is 0.0448. The second-order valence-electron chi connectivity index (χ2n) is 8.16. The van der Waals surface area contributed by atoms with Crippen LogP contribution < -0.4 is 9.47 Å². The summed E-state index contributed by atoms with van der Waals surface area (Å²) in [6, 6.07) is 23.0. The molecule has 0 aliphatic heterocycles. The van der Waals surface area contributed by atoms with Crippen LogP contribution in [0.3, 0.4) is 0 Å². The van der Waals surface area contributed by atoms with Gasteiger partial charge in [0.05, 0.1) is 18.4 Å². The number of ether oxygens (including phenoxy) is 4. The van der Waals surface area contributed by atoms with Crippen LogP contribution in [0.2, 0.25) is 0 Å². The molecule has 0 amide bonds. The maximum absolute atomic E-state index is 12.2. The van der Waals surface area contributed by atoms with Crippen LogP contribution in [0.15, 0.2) is 122 Å². The Hall–Kier alpha value is -5.17. The third-order valence-electron chi connectivity index (χ3n) is 5.41. The van der Waals surface area contributed by atoms with Crippen molar-refractivity contribution in [2.24, 2.45) is 0 Å². The number of esters is 2. The van der Waals surface area contributed by atoms with Crippen molar-refractivity contribution in [3.63, 3.8) is 0 Å². The minimum Gasteiger partial charge on any atom is -0.494 e. The number of carbonyl (C=O) groups is 3. The van der Waals surface area contributed by atoms with E-state index in [-0.39, 0.29) is 30.2 Å². The molecule has 0 bridgehead atoms. The molecule has 0 aromatic heterocycles. The number of hydrogen-bond donors (Lipinski definition) is 0. The highest BCUT2D eigenvalue weighted by atomic mass is 16.5. The number of benzene rings is 3. The molecular formula is C32H28O7. The summed E-state index contributed by atoms with van der Waals surface area (Å²) in [5.74, 6) is 0.222. The first-order chi connectivity index (χ1) is 18.9. The molecule has 198 valence electrons. The maximum Gasteiger partial charge on any atom is 0.342 e. The summed E-state index contributed by atoms with van der Waals surface area (Å²) in [6.45, 7) is 11.1. The Morgan fingerprint density at radius 2 is 1.23 bits per heavy atom. The minimum atomic E-state index is -0.633. The smallest absolute Gasteiger partial charge is 0.342 e. The first-order valence-electron chi connectivity index (χ1n) is 12.0. The van der Waals surface area contributed by atoms with E-state index < -0.39 is 5.97 Å². The fraction of sp³-hybridized carbons (Fsp3) is 0.0938. The van der Waals surface area contributed by atoms with Crippen LogP contribution in [-0.4, -0.2) is 25.0 Å². The fourth-order valence-electron chi connectivity index (χ4n) is 3.41. The van der Waals surface area contributed by atoms with E-state index in [4.69, 9.17) is 9.47 Å². The topological polar surface area (TPSA) is 88.1 Å². The van der Waals surface area contributed by atoms with E-state index >= 15 is 0 Å². The van der Waals surface area contributed by atoms with E-state index in [9.17, 15) is 14.4 Å². The molecule has 0 aliphatic carbocycles.